The van der Waals surface area contributed by atoms with E-state index in [1.54, 1.807) is 13.2 Å². The van der Waals surface area contributed by atoms with Crippen molar-refractivity contribution >= 4 is 21.8 Å². The molecule has 1 N–H and O–H groups in total. The van der Waals surface area contributed by atoms with Gasteiger partial charge >= 0.3 is 0 Å². The molecule has 2 fully saturated rings. The van der Waals surface area contributed by atoms with Crippen LogP contribution in [0, 0.1) is 5.41 Å². The summed E-state index contributed by atoms with van der Waals surface area (Å²) in [4.78, 5) is 12.4. The monoisotopic (exact) mass is 339 g/mol. The Balaban J connectivity index is 1.68. The summed E-state index contributed by atoms with van der Waals surface area (Å²) in [5, 5.41) is 3.14. The first kappa shape index (κ1) is 13.9. The normalized spacial score (nSPS) is 23.4. The molecule has 3 rings (SSSR count). The third-order valence-electron chi connectivity index (χ3n) is 4.40. The predicted octanol–water partition coefficient (Wildman–Crippen LogP) is 2.76. The fraction of sp³-hybridized carbons (Fsp3) is 0.533. The predicted molar refractivity (Wildman–Crippen MR) is 79.1 cm³/mol. The van der Waals surface area contributed by atoms with Crippen LogP contribution in [0.4, 0.5) is 0 Å². The van der Waals surface area contributed by atoms with Crippen molar-refractivity contribution in [3.8, 4) is 5.75 Å². The summed E-state index contributed by atoms with van der Waals surface area (Å²) in [5.41, 5.74) is 0.914. The van der Waals surface area contributed by atoms with Crippen molar-refractivity contribution in [3.05, 3.63) is 28.2 Å². The molecule has 5 heteroatoms. The smallest absolute Gasteiger partial charge is 0.252 e. The van der Waals surface area contributed by atoms with E-state index in [4.69, 9.17) is 9.47 Å². The minimum Gasteiger partial charge on any atom is -0.497 e. The first-order valence-electron chi connectivity index (χ1n) is 6.87. The second-order valence-corrected chi connectivity index (χ2v) is 6.41. The van der Waals surface area contributed by atoms with E-state index in [2.05, 4.69) is 21.2 Å². The molecule has 1 saturated heterocycles. The van der Waals surface area contributed by atoms with Crippen LogP contribution in [0.1, 0.15) is 29.6 Å². The van der Waals surface area contributed by atoms with Crippen LogP contribution in [0.25, 0.3) is 0 Å². The first-order chi connectivity index (χ1) is 9.64. The van der Waals surface area contributed by atoms with Gasteiger partial charge in [-0.2, -0.15) is 0 Å². The van der Waals surface area contributed by atoms with Gasteiger partial charge in [0.1, 0.15) is 5.75 Å². The molecule has 1 aromatic carbocycles. The fourth-order valence-corrected chi connectivity index (χ4v) is 3.35. The van der Waals surface area contributed by atoms with E-state index in [0.717, 1.165) is 36.9 Å². The number of ether oxygens (including phenoxy) is 2. The molecule has 1 aliphatic heterocycles. The number of hydrogen-bond donors (Lipinski definition) is 1. The highest BCUT2D eigenvalue weighted by Gasteiger charge is 2.55. The highest BCUT2D eigenvalue weighted by atomic mass is 79.9. The Morgan fingerprint density at radius 1 is 1.45 bits per heavy atom. The summed E-state index contributed by atoms with van der Waals surface area (Å²) in [5.74, 6) is 0.652. The maximum absolute atomic E-state index is 12.4. The highest BCUT2D eigenvalue weighted by Crippen LogP contribution is 2.53. The van der Waals surface area contributed by atoms with Crippen LogP contribution >= 0.6 is 15.9 Å². The Hall–Kier alpha value is -1.07. The van der Waals surface area contributed by atoms with Gasteiger partial charge < -0.3 is 14.8 Å². The number of nitrogens with one attached hydrogen (secondary N) is 1. The van der Waals surface area contributed by atoms with Crippen LogP contribution in [0.15, 0.2) is 22.7 Å². The van der Waals surface area contributed by atoms with E-state index in [0.29, 0.717) is 16.7 Å². The summed E-state index contributed by atoms with van der Waals surface area (Å²) in [6, 6.07) is 5.72. The van der Waals surface area contributed by atoms with Crippen molar-refractivity contribution in [1.29, 1.82) is 0 Å². The molecule has 20 heavy (non-hydrogen) atoms. The number of benzene rings is 1. The topological polar surface area (TPSA) is 47.6 Å². The van der Waals surface area contributed by atoms with Crippen molar-refractivity contribution in [2.45, 2.75) is 25.3 Å². The minimum atomic E-state index is -0.0378. The zero-order valence-electron chi connectivity index (χ0n) is 11.4. The molecule has 1 aromatic rings. The molecule has 0 unspecified atom stereocenters. The molecule has 1 atom stereocenters. The molecule has 0 bridgehead atoms. The zero-order chi connectivity index (χ0) is 14.2. The van der Waals surface area contributed by atoms with Crippen molar-refractivity contribution in [2.24, 2.45) is 5.41 Å². The van der Waals surface area contributed by atoms with Gasteiger partial charge in [0.05, 0.1) is 12.7 Å². The van der Waals surface area contributed by atoms with Gasteiger partial charge in [-0.1, -0.05) is 0 Å². The molecular formula is C15H18BrNO3. The number of rotatable bonds is 3. The van der Waals surface area contributed by atoms with Crippen LogP contribution in [0.3, 0.4) is 0 Å². The summed E-state index contributed by atoms with van der Waals surface area (Å²) in [6.07, 6.45) is 3.18. The van der Waals surface area contributed by atoms with Crippen LogP contribution in [-0.2, 0) is 4.74 Å². The van der Waals surface area contributed by atoms with Crippen LogP contribution in [-0.4, -0.2) is 32.3 Å². The molecule has 1 amide bonds. The number of carbonyl (C=O) groups is 1. The molecule has 1 spiro atoms. The zero-order valence-corrected chi connectivity index (χ0v) is 13.0. The minimum absolute atomic E-state index is 0.0378. The third kappa shape index (κ3) is 2.56. The molecule has 108 valence electrons. The molecule has 1 heterocycles. The van der Waals surface area contributed by atoms with Gasteiger partial charge in [-0.05, 0) is 58.8 Å². The van der Waals surface area contributed by atoms with E-state index in [1.807, 2.05) is 12.1 Å². The van der Waals surface area contributed by atoms with Crippen molar-refractivity contribution < 1.29 is 14.3 Å². The Morgan fingerprint density at radius 2 is 2.20 bits per heavy atom. The van der Waals surface area contributed by atoms with Gasteiger partial charge in [-0.15, -0.1) is 0 Å². The maximum atomic E-state index is 12.4. The van der Waals surface area contributed by atoms with E-state index in [1.165, 1.54) is 0 Å². The van der Waals surface area contributed by atoms with Crippen molar-refractivity contribution in [2.75, 3.05) is 20.3 Å². The molecular weight excluding hydrogens is 322 g/mol. The fourth-order valence-electron chi connectivity index (χ4n) is 2.92. The number of methoxy groups -OCH3 is 1. The molecule has 4 nitrogen and oxygen atoms in total. The average Bonchev–Trinajstić information content (AvgIpc) is 3.11. The molecule has 1 saturated carbocycles. The standard InChI is InChI=1S/C15H18BrNO3/c1-19-10-2-3-12(16)11(8-10)14(18)17-13-9-15(13)4-6-20-7-5-15/h2-3,8,13H,4-7,9H2,1H3,(H,17,18)/t13-/m1/s1. The lowest BCUT2D eigenvalue weighted by molar-refractivity contribution is 0.0535. The summed E-state index contributed by atoms with van der Waals surface area (Å²) >= 11 is 3.42. The van der Waals surface area contributed by atoms with Gasteiger partial charge in [0, 0.05) is 23.7 Å². The molecule has 0 radical (unpaired) electrons. The lowest BCUT2D eigenvalue weighted by Crippen LogP contribution is -2.32. The third-order valence-corrected chi connectivity index (χ3v) is 5.09. The Labute approximate surface area is 127 Å². The first-order valence-corrected chi connectivity index (χ1v) is 7.66. The second-order valence-electron chi connectivity index (χ2n) is 5.55. The second kappa shape index (κ2) is 5.37. The van der Waals surface area contributed by atoms with Crippen molar-refractivity contribution in [3.63, 3.8) is 0 Å². The average molecular weight is 340 g/mol. The molecule has 1 aliphatic carbocycles. The molecule has 2 aliphatic rings. The van der Waals surface area contributed by atoms with Gasteiger partial charge in [0.2, 0.25) is 0 Å². The van der Waals surface area contributed by atoms with Gasteiger partial charge in [0.15, 0.2) is 0 Å². The van der Waals surface area contributed by atoms with E-state index < -0.39 is 0 Å². The summed E-state index contributed by atoms with van der Waals surface area (Å²) < 4.78 is 11.4. The van der Waals surface area contributed by atoms with Gasteiger partial charge in [0.25, 0.3) is 5.91 Å². The summed E-state index contributed by atoms with van der Waals surface area (Å²) in [7, 11) is 1.60. The maximum Gasteiger partial charge on any atom is 0.252 e. The quantitative estimate of drug-likeness (QED) is 0.920. The SMILES string of the molecule is COc1ccc(Br)c(C(=O)N[C@@H]2CC23CCOCC3)c1. The van der Waals surface area contributed by atoms with Crippen LogP contribution in [0.2, 0.25) is 0 Å². The highest BCUT2D eigenvalue weighted by molar-refractivity contribution is 9.10. The lowest BCUT2D eigenvalue weighted by Gasteiger charge is -2.23. The van der Waals surface area contributed by atoms with Crippen LogP contribution < -0.4 is 10.1 Å². The van der Waals surface area contributed by atoms with E-state index >= 15 is 0 Å². The largest absolute Gasteiger partial charge is 0.497 e. The summed E-state index contributed by atoms with van der Waals surface area (Å²) in [6.45, 7) is 1.63. The lowest BCUT2D eigenvalue weighted by atomic mass is 9.96. The van der Waals surface area contributed by atoms with E-state index in [-0.39, 0.29) is 11.9 Å². The van der Waals surface area contributed by atoms with Gasteiger partial charge in [-0.25, -0.2) is 0 Å². The Bertz CT molecular complexity index is 526. The Kier molecular flexibility index (Phi) is 3.73. The number of hydrogen-bond acceptors (Lipinski definition) is 3. The van der Waals surface area contributed by atoms with E-state index in [9.17, 15) is 4.79 Å². The number of amides is 1. The molecule has 0 aromatic heterocycles. The number of carbonyl (C=O) groups excluding carboxylic acids is 1. The number of halogens is 1. The Morgan fingerprint density at radius 3 is 2.90 bits per heavy atom. The van der Waals surface area contributed by atoms with Gasteiger partial charge in [-0.3, -0.25) is 4.79 Å². The van der Waals surface area contributed by atoms with Crippen molar-refractivity contribution in [1.82, 2.24) is 5.32 Å². The van der Waals surface area contributed by atoms with Crippen LogP contribution in [0.5, 0.6) is 5.75 Å².